The number of hydrogen-bond donors (Lipinski definition) is 0. The highest BCUT2D eigenvalue weighted by Gasteiger charge is 2.30. The van der Waals surface area contributed by atoms with Crippen molar-refractivity contribution in [1.29, 1.82) is 0 Å². The molecular weight excluding hydrogens is 300 g/mol. The fourth-order valence-electron chi connectivity index (χ4n) is 2.62. The molecule has 20 heavy (non-hydrogen) atoms. The molecule has 1 unspecified atom stereocenters. The molecule has 112 valence electrons. The zero-order valence-corrected chi connectivity index (χ0v) is 13.3. The minimum Gasteiger partial charge on any atom is -0.495 e. The van der Waals surface area contributed by atoms with Gasteiger partial charge in [-0.25, -0.2) is 8.42 Å². The van der Waals surface area contributed by atoms with E-state index in [1.807, 2.05) is 6.07 Å². The van der Waals surface area contributed by atoms with Crippen molar-refractivity contribution in [2.75, 3.05) is 20.3 Å². The number of halogens is 1. The van der Waals surface area contributed by atoms with Gasteiger partial charge >= 0.3 is 0 Å². The summed E-state index contributed by atoms with van der Waals surface area (Å²) in [4.78, 5) is 0.0329. The number of benzene rings is 1. The predicted octanol–water partition coefficient (Wildman–Crippen LogP) is 3.08. The van der Waals surface area contributed by atoms with Crippen molar-refractivity contribution in [3.05, 3.63) is 23.8 Å². The summed E-state index contributed by atoms with van der Waals surface area (Å²) in [5.74, 6) is 0.275. The van der Waals surface area contributed by atoms with Gasteiger partial charge in [0.15, 0.2) is 0 Å². The van der Waals surface area contributed by atoms with Crippen molar-refractivity contribution >= 4 is 19.7 Å². The fraction of sp³-hybridized carbons (Fsp3) is 0.571. The first kappa shape index (κ1) is 15.6. The second-order valence-electron chi connectivity index (χ2n) is 5.33. The van der Waals surface area contributed by atoms with Gasteiger partial charge in [0.05, 0.1) is 7.11 Å². The second kappa shape index (κ2) is 5.92. The summed E-state index contributed by atoms with van der Waals surface area (Å²) >= 11 is 0. The van der Waals surface area contributed by atoms with Gasteiger partial charge in [-0.15, -0.1) is 0 Å². The molecular formula is C14H19ClO4S. The third kappa shape index (κ3) is 3.27. The van der Waals surface area contributed by atoms with Crippen LogP contribution in [0.25, 0.3) is 0 Å². The summed E-state index contributed by atoms with van der Waals surface area (Å²) < 4.78 is 33.9. The number of ether oxygens (including phenoxy) is 2. The average Bonchev–Trinajstić information content (AvgIpc) is 2.63. The van der Waals surface area contributed by atoms with Crippen LogP contribution in [0.15, 0.2) is 23.1 Å². The Morgan fingerprint density at radius 2 is 2.05 bits per heavy atom. The first-order valence-corrected chi connectivity index (χ1v) is 8.89. The molecule has 0 spiro atoms. The quantitative estimate of drug-likeness (QED) is 0.804. The Labute approximate surface area is 124 Å². The third-order valence-electron chi connectivity index (χ3n) is 3.94. The van der Waals surface area contributed by atoms with Crippen LogP contribution in [-0.2, 0) is 19.2 Å². The van der Waals surface area contributed by atoms with E-state index in [4.69, 9.17) is 20.2 Å². The molecule has 0 radical (unpaired) electrons. The molecule has 2 rings (SSSR count). The molecule has 0 amide bonds. The van der Waals surface area contributed by atoms with Gasteiger partial charge in [-0.2, -0.15) is 0 Å². The van der Waals surface area contributed by atoms with E-state index >= 15 is 0 Å². The predicted molar refractivity (Wildman–Crippen MR) is 78.1 cm³/mol. The maximum Gasteiger partial charge on any atom is 0.264 e. The van der Waals surface area contributed by atoms with Crippen LogP contribution >= 0.6 is 10.7 Å². The van der Waals surface area contributed by atoms with Crippen LogP contribution in [0.3, 0.4) is 0 Å². The Morgan fingerprint density at radius 3 is 2.70 bits per heavy atom. The molecule has 0 aromatic heterocycles. The molecule has 1 fully saturated rings. The highest BCUT2D eigenvalue weighted by molar-refractivity contribution is 8.13. The van der Waals surface area contributed by atoms with Crippen LogP contribution in [0, 0.1) is 0 Å². The third-order valence-corrected chi connectivity index (χ3v) is 5.28. The minimum absolute atomic E-state index is 0.0329. The van der Waals surface area contributed by atoms with Gasteiger partial charge in [0.1, 0.15) is 10.6 Å². The molecule has 6 heteroatoms. The van der Waals surface area contributed by atoms with Crippen LogP contribution in [0.4, 0.5) is 0 Å². The standard InChI is InChI=1S/C14H19ClO4S/c1-14(6-3-8-19-9-7-14)11-4-5-12(18-2)13(10-11)20(15,16)17/h4-5,10H,3,6-9H2,1-2H3. The lowest BCUT2D eigenvalue weighted by Crippen LogP contribution is -2.22. The van der Waals surface area contributed by atoms with E-state index in [1.54, 1.807) is 12.1 Å². The van der Waals surface area contributed by atoms with Crippen LogP contribution in [0.2, 0.25) is 0 Å². The van der Waals surface area contributed by atoms with Gasteiger partial charge in [-0.1, -0.05) is 13.0 Å². The van der Waals surface area contributed by atoms with E-state index < -0.39 is 9.05 Å². The lowest BCUT2D eigenvalue weighted by molar-refractivity contribution is 0.140. The molecule has 1 aliphatic heterocycles. The maximum atomic E-state index is 11.7. The zero-order valence-electron chi connectivity index (χ0n) is 11.7. The minimum atomic E-state index is -3.83. The number of methoxy groups -OCH3 is 1. The van der Waals surface area contributed by atoms with E-state index in [9.17, 15) is 8.42 Å². The van der Waals surface area contributed by atoms with Gasteiger partial charge in [0.2, 0.25) is 0 Å². The highest BCUT2D eigenvalue weighted by atomic mass is 35.7. The van der Waals surface area contributed by atoms with Crippen LogP contribution in [0.5, 0.6) is 5.75 Å². The lowest BCUT2D eigenvalue weighted by Gasteiger charge is -2.28. The number of rotatable bonds is 3. The summed E-state index contributed by atoms with van der Waals surface area (Å²) in [5, 5.41) is 0. The summed E-state index contributed by atoms with van der Waals surface area (Å²) in [6.45, 7) is 3.58. The second-order valence-corrected chi connectivity index (χ2v) is 7.86. The van der Waals surface area contributed by atoms with Gasteiger partial charge in [0, 0.05) is 23.9 Å². The zero-order chi connectivity index (χ0) is 14.8. The lowest BCUT2D eigenvalue weighted by atomic mass is 9.76. The largest absolute Gasteiger partial charge is 0.495 e. The molecule has 1 atom stereocenters. The first-order chi connectivity index (χ1) is 9.37. The average molecular weight is 319 g/mol. The summed E-state index contributed by atoms with van der Waals surface area (Å²) in [6.07, 6.45) is 2.79. The molecule has 0 N–H and O–H groups in total. The fourth-order valence-corrected chi connectivity index (χ4v) is 3.64. The highest BCUT2D eigenvalue weighted by Crippen LogP contribution is 2.38. The Bertz CT molecular complexity index is 575. The van der Waals surface area contributed by atoms with Crippen LogP contribution < -0.4 is 4.74 Å². The molecule has 1 saturated heterocycles. The van der Waals surface area contributed by atoms with E-state index in [2.05, 4.69) is 6.92 Å². The SMILES string of the molecule is COc1ccc(C2(C)CCCOCC2)cc1S(=O)(=O)Cl. The molecule has 4 nitrogen and oxygen atoms in total. The van der Waals surface area contributed by atoms with E-state index in [0.29, 0.717) is 6.61 Å². The molecule has 1 heterocycles. The molecule has 1 aliphatic rings. The Kier molecular flexibility index (Phi) is 4.62. The van der Waals surface area contributed by atoms with Gasteiger partial charge in [-0.05, 0) is 42.4 Å². The molecule has 0 bridgehead atoms. The first-order valence-electron chi connectivity index (χ1n) is 6.58. The van der Waals surface area contributed by atoms with Crippen molar-refractivity contribution in [3.8, 4) is 5.75 Å². The topological polar surface area (TPSA) is 52.6 Å². The summed E-state index contributed by atoms with van der Waals surface area (Å²) in [6, 6.07) is 5.21. The van der Waals surface area contributed by atoms with Crippen molar-refractivity contribution in [3.63, 3.8) is 0 Å². The van der Waals surface area contributed by atoms with E-state index in [1.165, 1.54) is 7.11 Å². The Hall–Kier alpha value is -0.780. The molecule has 1 aromatic carbocycles. The van der Waals surface area contributed by atoms with E-state index in [-0.39, 0.29) is 16.1 Å². The van der Waals surface area contributed by atoms with Gasteiger partial charge < -0.3 is 9.47 Å². The summed E-state index contributed by atoms with van der Waals surface area (Å²) in [7, 11) is 3.10. The van der Waals surface area contributed by atoms with Gasteiger partial charge in [0.25, 0.3) is 9.05 Å². The maximum absolute atomic E-state index is 11.7. The van der Waals surface area contributed by atoms with Crippen molar-refractivity contribution in [1.82, 2.24) is 0 Å². The number of hydrogen-bond acceptors (Lipinski definition) is 4. The van der Waals surface area contributed by atoms with E-state index in [0.717, 1.165) is 31.4 Å². The summed E-state index contributed by atoms with van der Waals surface area (Å²) in [5.41, 5.74) is 0.863. The Balaban J connectivity index is 2.47. The molecule has 1 aromatic rings. The van der Waals surface area contributed by atoms with Crippen LogP contribution in [-0.4, -0.2) is 28.7 Å². The molecule has 0 saturated carbocycles. The monoisotopic (exact) mass is 318 g/mol. The van der Waals surface area contributed by atoms with Crippen molar-refractivity contribution in [2.45, 2.75) is 36.5 Å². The van der Waals surface area contributed by atoms with Gasteiger partial charge in [-0.3, -0.25) is 0 Å². The molecule has 0 aliphatic carbocycles. The Morgan fingerprint density at radius 1 is 1.30 bits per heavy atom. The van der Waals surface area contributed by atoms with Crippen molar-refractivity contribution < 1.29 is 17.9 Å². The van der Waals surface area contributed by atoms with Crippen LogP contribution in [0.1, 0.15) is 31.7 Å². The van der Waals surface area contributed by atoms with Crippen molar-refractivity contribution in [2.24, 2.45) is 0 Å². The normalized spacial score (nSPS) is 24.1. The smallest absolute Gasteiger partial charge is 0.264 e.